The molecule has 0 spiro atoms. The van der Waals surface area contributed by atoms with E-state index in [4.69, 9.17) is 4.74 Å². The second-order valence-electron chi connectivity index (χ2n) is 5.30. The van der Waals surface area contributed by atoms with Gasteiger partial charge in [0, 0.05) is 19.1 Å². The Morgan fingerprint density at radius 2 is 1.89 bits per heavy atom. The summed E-state index contributed by atoms with van der Waals surface area (Å²) in [4.78, 5) is 0. The fourth-order valence-electron chi connectivity index (χ4n) is 2.39. The van der Waals surface area contributed by atoms with E-state index >= 15 is 0 Å². The van der Waals surface area contributed by atoms with Gasteiger partial charge in [0.05, 0.1) is 13.2 Å². The Kier molecular flexibility index (Phi) is 5.83. The lowest BCUT2D eigenvalue weighted by molar-refractivity contribution is 0.00484. The first-order valence-electron chi connectivity index (χ1n) is 7.47. The summed E-state index contributed by atoms with van der Waals surface area (Å²) in [6, 6.07) is 9.40. The van der Waals surface area contributed by atoms with Crippen molar-refractivity contribution in [2.24, 2.45) is 0 Å². The number of hydrazine groups is 1. The quantitative estimate of drug-likeness (QED) is 0.853. The van der Waals surface area contributed by atoms with E-state index in [9.17, 15) is 0 Å². The van der Waals surface area contributed by atoms with E-state index < -0.39 is 0 Å². The molecule has 1 aliphatic rings. The largest absolute Gasteiger partial charge is 0.379 e. The summed E-state index contributed by atoms with van der Waals surface area (Å²) in [5, 5.41) is 2.26. The van der Waals surface area contributed by atoms with Crippen molar-refractivity contribution in [3.8, 4) is 0 Å². The summed E-state index contributed by atoms with van der Waals surface area (Å²) in [7, 11) is 0. The number of hydrogen-bond acceptors (Lipinski definition) is 3. The summed E-state index contributed by atoms with van der Waals surface area (Å²) in [5.41, 5.74) is 6.35. The van der Waals surface area contributed by atoms with Crippen LogP contribution in [0.1, 0.15) is 43.9 Å². The van der Waals surface area contributed by atoms with Crippen LogP contribution < -0.4 is 5.43 Å². The number of nitrogens with zero attached hydrogens (tertiary/aromatic N) is 1. The van der Waals surface area contributed by atoms with Crippen LogP contribution in [0.4, 0.5) is 0 Å². The molecule has 1 saturated heterocycles. The Hall–Kier alpha value is -0.900. The maximum atomic E-state index is 5.36. The first-order valence-corrected chi connectivity index (χ1v) is 7.47. The maximum absolute atomic E-state index is 5.36. The highest BCUT2D eigenvalue weighted by atomic mass is 16.5. The van der Waals surface area contributed by atoms with Crippen molar-refractivity contribution in [1.82, 2.24) is 10.4 Å². The fourth-order valence-corrected chi connectivity index (χ4v) is 2.39. The molecule has 0 aromatic heterocycles. The van der Waals surface area contributed by atoms with Crippen molar-refractivity contribution in [3.05, 3.63) is 35.4 Å². The Morgan fingerprint density at radius 3 is 2.53 bits per heavy atom. The molecule has 1 aromatic rings. The van der Waals surface area contributed by atoms with Gasteiger partial charge in [0.15, 0.2) is 0 Å². The van der Waals surface area contributed by atoms with Crippen LogP contribution in [0, 0.1) is 0 Å². The number of nitrogens with one attached hydrogen (secondary N) is 1. The molecule has 1 unspecified atom stereocenters. The second kappa shape index (κ2) is 7.63. The number of hydrogen-bond donors (Lipinski definition) is 1. The molecule has 106 valence electrons. The summed E-state index contributed by atoms with van der Waals surface area (Å²) >= 11 is 0. The first-order chi connectivity index (χ1) is 9.29. The monoisotopic (exact) mass is 262 g/mol. The lowest BCUT2D eigenvalue weighted by Gasteiger charge is -2.30. The highest BCUT2D eigenvalue weighted by Crippen LogP contribution is 2.15. The van der Waals surface area contributed by atoms with Gasteiger partial charge < -0.3 is 4.74 Å². The summed E-state index contributed by atoms with van der Waals surface area (Å²) in [6.45, 7) is 8.06. The Balaban J connectivity index is 1.85. The molecule has 1 heterocycles. The van der Waals surface area contributed by atoms with Crippen LogP contribution >= 0.6 is 0 Å². The SMILES string of the molecule is CCCCc1ccc(C(C)NN2CCOCC2)cc1. The van der Waals surface area contributed by atoms with E-state index in [1.54, 1.807) is 0 Å². The molecular weight excluding hydrogens is 236 g/mol. The second-order valence-corrected chi connectivity index (χ2v) is 5.30. The molecule has 1 aromatic carbocycles. The molecule has 1 atom stereocenters. The van der Waals surface area contributed by atoms with Gasteiger partial charge in [-0.15, -0.1) is 0 Å². The van der Waals surface area contributed by atoms with E-state index in [2.05, 4.69) is 48.5 Å². The Labute approximate surface area is 116 Å². The zero-order chi connectivity index (χ0) is 13.5. The van der Waals surface area contributed by atoms with Crippen LogP contribution in [-0.2, 0) is 11.2 Å². The number of rotatable bonds is 6. The minimum Gasteiger partial charge on any atom is -0.379 e. The van der Waals surface area contributed by atoms with Crippen molar-refractivity contribution in [2.45, 2.75) is 39.2 Å². The predicted octanol–water partition coefficient (Wildman–Crippen LogP) is 2.93. The van der Waals surface area contributed by atoms with E-state index in [0.29, 0.717) is 6.04 Å². The number of unbranched alkanes of at least 4 members (excludes halogenated alkanes) is 1. The lowest BCUT2D eigenvalue weighted by atomic mass is 10.0. The van der Waals surface area contributed by atoms with Crippen LogP contribution in [0.15, 0.2) is 24.3 Å². The van der Waals surface area contributed by atoms with Crippen LogP contribution in [0.3, 0.4) is 0 Å². The Bertz CT molecular complexity index is 358. The van der Waals surface area contributed by atoms with Crippen LogP contribution in [0.5, 0.6) is 0 Å². The molecule has 0 saturated carbocycles. The molecule has 3 heteroatoms. The number of benzene rings is 1. The van der Waals surface area contributed by atoms with Crippen molar-refractivity contribution < 1.29 is 4.74 Å². The smallest absolute Gasteiger partial charge is 0.0608 e. The van der Waals surface area contributed by atoms with Gasteiger partial charge in [-0.2, -0.15) is 0 Å². The molecule has 0 amide bonds. The summed E-state index contributed by atoms with van der Waals surface area (Å²) in [5.74, 6) is 0. The number of ether oxygens (including phenoxy) is 1. The average Bonchev–Trinajstić information content (AvgIpc) is 2.46. The fraction of sp³-hybridized carbons (Fsp3) is 0.625. The van der Waals surface area contributed by atoms with Crippen molar-refractivity contribution in [1.29, 1.82) is 0 Å². The normalized spacial score (nSPS) is 18.4. The highest BCUT2D eigenvalue weighted by molar-refractivity contribution is 5.24. The van der Waals surface area contributed by atoms with Crippen LogP contribution in [0.25, 0.3) is 0 Å². The third-order valence-electron chi connectivity index (χ3n) is 3.69. The van der Waals surface area contributed by atoms with Gasteiger partial charge in [-0.25, -0.2) is 10.4 Å². The molecule has 3 nitrogen and oxygen atoms in total. The van der Waals surface area contributed by atoms with Gasteiger partial charge in [-0.3, -0.25) is 0 Å². The molecule has 0 aliphatic carbocycles. The first kappa shape index (κ1) is 14.5. The number of morpholine rings is 1. The molecule has 0 bridgehead atoms. The zero-order valence-corrected chi connectivity index (χ0v) is 12.2. The van der Waals surface area contributed by atoms with Gasteiger partial charge in [-0.05, 0) is 30.9 Å². The number of aryl methyl sites for hydroxylation is 1. The van der Waals surface area contributed by atoms with E-state index in [0.717, 1.165) is 26.3 Å². The molecule has 1 aliphatic heterocycles. The molecule has 1 N–H and O–H groups in total. The van der Waals surface area contributed by atoms with Crippen molar-refractivity contribution in [2.75, 3.05) is 26.3 Å². The summed E-state index contributed by atoms with van der Waals surface area (Å²) < 4.78 is 5.36. The van der Waals surface area contributed by atoms with Gasteiger partial charge in [-0.1, -0.05) is 37.6 Å². The highest BCUT2D eigenvalue weighted by Gasteiger charge is 2.13. The zero-order valence-electron chi connectivity index (χ0n) is 12.2. The molecule has 2 rings (SSSR count). The molecule has 1 fully saturated rings. The average molecular weight is 262 g/mol. The predicted molar refractivity (Wildman–Crippen MR) is 79.0 cm³/mol. The minimum absolute atomic E-state index is 0.360. The lowest BCUT2D eigenvalue weighted by Crippen LogP contribution is -2.46. The van der Waals surface area contributed by atoms with Crippen molar-refractivity contribution >= 4 is 0 Å². The maximum Gasteiger partial charge on any atom is 0.0608 e. The van der Waals surface area contributed by atoms with Gasteiger partial charge in [0.25, 0.3) is 0 Å². The van der Waals surface area contributed by atoms with E-state index in [-0.39, 0.29) is 0 Å². The van der Waals surface area contributed by atoms with E-state index in [1.165, 1.54) is 30.4 Å². The van der Waals surface area contributed by atoms with Gasteiger partial charge in [0.2, 0.25) is 0 Å². The van der Waals surface area contributed by atoms with Crippen molar-refractivity contribution in [3.63, 3.8) is 0 Å². The van der Waals surface area contributed by atoms with E-state index in [1.807, 2.05) is 0 Å². The molecular formula is C16H26N2O. The van der Waals surface area contributed by atoms with Gasteiger partial charge in [0.1, 0.15) is 0 Å². The third kappa shape index (κ3) is 4.60. The standard InChI is InChI=1S/C16H26N2O/c1-3-4-5-15-6-8-16(9-7-15)14(2)17-18-10-12-19-13-11-18/h6-9,14,17H,3-5,10-13H2,1-2H3. The van der Waals surface area contributed by atoms with Crippen LogP contribution in [0.2, 0.25) is 0 Å². The summed E-state index contributed by atoms with van der Waals surface area (Å²) in [6.07, 6.45) is 3.74. The topological polar surface area (TPSA) is 24.5 Å². The molecule has 19 heavy (non-hydrogen) atoms. The third-order valence-corrected chi connectivity index (χ3v) is 3.69. The minimum atomic E-state index is 0.360. The van der Waals surface area contributed by atoms with Gasteiger partial charge >= 0.3 is 0 Å². The Morgan fingerprint density at radius 1 is 1.21 bits per heavy atom. The molecule has 0 radical (unpaired) electrons. The van der Waals surface area contributed by atoms with Crippen LogP contribution in [-0.4, -0.2) is 31.3 Å².